The number of fused-ring (bicyclic) bond motifs is 1. The summed E-state index contributed by atoms with van der Waals surface area (Å²) < 4.78 is 5.69. The lowest BCUT2D eigenvalue weighted by Gasteiger charge is -2.37. The van der Waals surface area contributed by atoms with Gasteiger partial charge in [-0.05, 0) is 80.2 Å². The normalized spacial score (nSPS) is 18.8. The fraction of sp³-hybridized carbons (Fsp3) is 0.543. The summed E-state index contributed by atoms with van der Waals surface area (Å²) in [6, 6.07) is 12.2. The third-order valence-electron chi connectivity index (χ3n) is 9.70. The third-order valence-corrected chi connectivity index (χ3v) is 10.0. The summed E-state index contributed by atoms with van der Waals surface area (Å²) in [6.45, 7) is 11.7. The van der Waals surface area contributed by atoms with Gasteiger partial charge in [-0.15, -0.1) is 0 Å². The van der Waals surface area contributed by atoms with Crippen molar-refractivity contribution in [2.45, 2.75) is 83.7 Å². The van der Waals surface area contributed by atoms with Crippen molar-refractivity contribution in [3.63, 3.8) is 0 Å². The molecule has 0 bridgehead atoms. The lowest BCUT2D eigenvalue weighted by atomic mass is 9.73. The number of ether oxygens (including phenoxy) is 1. The zero-order valence-corrected chi connectivity index (χ0v) is 28.2. The Morgan fingerprint density at radius 1 is 0.978 bits per heavy atom. The van der Waals surface area contributed by atoms with E-state index in [1.54, 1.807) is 0 Å². The van der Waals surface area contributed by atoms with Crippen LogP contribution in [-0.4, -0.2) is 60.2 Å². The zero-order valence-electron chi connectivity index (χ0n) is 27.5. The van der Waals surface area contributed by atoms with Crippen LogP contribution < -0.4 is 21.3 Å². The van der Waals surface area contributed by atoms with Gasteiger partial charge in [0, 0.05) is 37.2 Å². The van der Waals surface area contributed by atoms with Gasteiger partial charge in [0.1, 0.15) is 11.9 Å². The van der Waals surface area contributed by atoms with Gasteiger partial charge in [0.25, 0.3) is 0 Å². The summed E-state index contributed by atoms with van der Waals surface area (Å²) in [7, 11) is 0. The summed E-state index contributed by atoms with van der Waals surface area (Å²) in [5, 5.41) is 12.7. The minimum Gasteiger partial charge on any atom is -0.381 e. The highest BCUT2D eigenvalue weighted by atomic mass is 35.5. The van der Waals surface area contributed by atoms with E-state index in [1.165, 1.54) is 0 Å². The van der Waals surface area contributed by atoms with Crippen molar-refractivity contribution >= 4 is 40.5 Å². The average Bonchev–Trinajstić information content (AvgIpc) is 3.63. The molecule has 2 aromatic carbocycles. The number of hydrogen-bond donors (Lipinski definition) is 5. The number of aromatic amines is 1. The van der Waals surface area contributed by atoms with Crippen LogP contribution >= 0.6 is 11.6 Å². The Morgan fingerprint density at radius 2 is 1.67 bits per heavy atom. The highest BCUT2D eigenvalue weighted by Gasteiger charge is 2.51. The van der Waals surface area contributed by atoms with E-state index < -0.39 is 17.5 Å². The molecule has 4 amide bonds. The fourth-order valence-corrected chi connectivity index (χ4v) is 7.05. The molecule has 2 fully saturated rings. The minimum atomic E-state index is -0.877. The van der Waals surface area contributed by atoms with Gasteiger partial charge in [0.15, 0.2) is 0 Å². The Balaban J connectivity index is 1.55. The number of amides is 4. The van der Waals surface area contributed by atoms with Crippen LogP contribution in [0.4, 0.5) is 4.79 Å². The van der Waals surface area contributed by atoms with Gasteiger partial charge >= 0.3 is 6.03 Å². The number of aromatic nitrogens is 2. The molecule has 2 aliphatic rings. The zero-order chi connectivity index (χ0) is 33.1. The molecule has 0 unspecified atom stereocenters. The van der Waals surface area contributed by atoms with Crippen LogP contribution in [0.3, 0.4) is 0 Å². The molecule has 1 saturated heterocycles. The molecule has 5 rings (SSSR count). The molecule has 46 heavy (non-hydrogen) atoms. The van der Waals surface area contributed by atoms with E-state index in [2.05, 4.69) is 33.2 Å². The van der Waals surface area contributed by atoms with Crippen LogP contribution in [0.1, 0.15) is 89.2 Å². The second-order valence-corrected chi connectivity index (χ2v) is 13.7. The molecule has 3 atom stereocenters. The molecule has 5 N–H and O–H groups in total. The molecule has 1 aromatic heterocycles. The molecule has 248 valence electrons. The third kappa shape index (κ3) is 6.88. The van der Waals surface area contributed by atoms with Crippen LogP contribution in [-0.2, 0) is 19.7 Å². The van der Waals surface area contributed by atoms with Gasteiger partial charge in [0.2, 0.25) is 11.8 Å². The highest BCUT2D eigenvalue weighted by molar-refractivity contribution is 6.31. The molecule has 10 nitrogen and oxygen atoms in total. The van der Waals surface area contributed by atoms with Crippen molar-refractivity contribution in [3.05, 3.63) is 64.4 Å². The number of carbonyl (C=O) groups excluding carboxylic acids is 3. The number of nitrogens with zero attached hydrogens (tertiary/aromatic N) is 1. The number of imidazole rings is 1. The number of halogens is 1. The number of hydrogen-bond acceptors (Lipinski definition) is 5. The van der Waals surface area contributed by atoms with Crippen molar-refractivity contribution in [2.75, 3.05) is 26.3 Å². The van der Waals surface area contributed by atoms with Crippen molar-refractivity contribution in [2.24, 2.45) is 11.3 Å². The van der Waals surface area contributed by atoms with Gasteiger partial charge in [-0.2, -0.15) is 0 Å². The smallest absolute Gasteiger partial charge is 0.315 e. The maximum Gasteiger partial charge on any atom is 0.315 e. The summed E-state index contributed by atoms with van der Waals surface area (Å²) in [5.41, 5.74) is 2.34. The quantitative estimate of drug-likeness (QED) is 0.177. The van der Waals surface area contributed by atoms with Crippen molar-refractivity contribution in [1.29, 1.82) is 0 Å². The van der Waals surface area contributed by atoms with E-state index in [-0.39, 0.29) is 35.1 Å². The summed E-state index contributed by atoms with van der Waals surface area (Å²) >= 11 is 6.77. The maximum atomic E-state index is 14.1. The van der Waals surface area contributed by atoms with Gasteiger partial charge in [-0.3, -0.25) is 9.59 Å². The number of carbonyl (C=O) groups is 3. The molecule has 3 aromatic rings. The van der Waals surface area contributed by atoms with E-state index in [1.807, 2.05) is 70.2 Å². The van der Waals surface area contributed by atoms with E-state index >= 15 is 0 Å². The SMILES string of the molecule is CCNC(=O)N[C@H](c1nc2ccc(C3(C(=O)N[C@@H](C(=O)NCC)C(C)C)CCOCC3)cc2[nH]1)[C@H](c1ccccc1Cl)C1(C)CC1. The molecular weight excluding hydrogens is 604 g/mol. The molecule has 0 spiro atoms. The first-order valence-corrected chi connectivity index (χ1v) is 16.9. The number of urea groups is 1. The number of H-pyrrole nitrogens is 1. The average molecular weight is 651 g/mol. The molecule has 1 aliphatic heterocycles. The Morgan fingerprint density at radius 3 is 2.30 bits per heavy atom. The minimum absolute atomic E-state index is 0.0689. The van der Waals surface area contributed by atoms with Gasteiger partial charge < -0.3 is 31.0 Å². The van der Waals surface area contributed by atoms with Crippen LogP contribution in [0.5, 0.6) is 0 Å². The number of rotatable bonds is 12. The molecule has 2 heterocycles. The molecule has 1 saturated carbocycles. The Labute approximate surface area is 276 Å². The van der Waals surface area contributed by atoms with E-state index in [0.717, 1.165) is 35.0 Å². The molecule has 11 heteroatoms. The summed E-state index contributed by atoms with van der Waals surface area (Å²) in [5.74, 6) is 0.0383. The topological polar surface area (TPSA) is 137 Å². The lowest BCUT2D eigenvalue weighted by Crippen LogP contribution is -2.56. The molecular formula is C35H47ClN6O4. The van der Waals surface area contributed by atoms with Crippen molar-refractivity contribution < 1.29 is 19.1 Å². The number of nitrogens with one attached hydrogen (secondary N) is 5. The first-order chi connectivity index (χ1) is 22.0. The van der Waals surface area contributed by atoms with Crippen LogP contribution in [0.25, 0.3) is 11.0 Å². The Bertz CT molecular complexity index is 1560. The first-order valence-electron chi connectivity index (χ1n) is 16.5. The fourth-order valence-electron chi connectivity index (χ4n) is 6.79. The standard InChI is InChI=1S/C35H47ClN6O4/c1-6-37-31(43)28(21(3)4)41-32(44)35(16-18-46-19-17-35)22-12-13-25-26(20-22)40-30(39-25)29(42-33(45)38-7-2)27(34(5)14-15-34)23-10-8-9-11-24(23)36/h8-13,20-21,27-29H,6-7,14-19H2,1-5H3,(H,37,43)(H,39,40)(H,41,44)(H2,38,42,45)/t27-,28+,29-/m0/s1. The predicted molar refractivity (Wildman–Crippen MR) is 180 cm³/mol. The Hall–Kier alpha value is -3.63. The van der Waals surface area contributed by atoms with E-state index in [9.17, 15) is 14.4 Å². The number of likely N-dealkylation sites (N-methyl/N-ethyl adjacent to an activating group) is 1. The van der Waals surface area contributed by atoms with Crippen LogP contribution in [0, 0.1) is 11.3 Å². The number of benzene rings is 2. The lowest BCUT2D eigenvalue weighted by molar-refractivity contribution is -0.135. The highest BCUT2D eigenvalue weighted by Crippen LogP contribution is 2.60. The van der Waals surface area contributed by atoms with Crippen LogP contribution in [0.2, 0.25) is 5.02 Å². The largest absolute Gasteiger partial charge is 0.381 e. The van der Waals surface area contributed by atoms with Crippen molar-refractivity contribution in [3.8, 4) is 0 Å². The summed E-state index contributed by atoms with van der Waals surface area (Å²) in [6.07, 6.45) is 2.99. The van der Waals surface area contributed by atoms with Gasteiger partial charge in [-0.25, -0.2) is 9.78 Å². The van der Waals surface area contributed by atoms with E-state index in [4.69, 9.17) is 21.3 Å². The van der Waals surface area contributed by atoms with E-state index in [0.29, 0.717) is 50.0 Å². The van der Waals surface area contributed by atoms with Gasteiger partial charge in [0.05, 0.1) is 22.5 Å². The van der Waals surface area contributed by atoms with Gasteiger partial charge in [-0.1, -0.05) is 56.6 Å². The molecule has 1 aliphatic carbocycles. The first kappa shape index (κ1) is 33.7. The predicted octanol–water partition coefficient (Wildman–Crippen LogP) is 5.49. The maximum absolute atomic E-state index is 14.1. The monoisotopic (exact) mass is 650 g/mol. The molecule has 0 radical (unpaired) electrons. The second kappa shape index (κ2) is 14.0. The second-order valence-electron chi connectivity index (χ2n) is 13.3. The summed E-state index contributed by atoms with van der Waals surface area (Å²) in [4.78, 5) is 48.5. The van der Waals surface area contributed by atoms with Crippen LogP contribution in [0.15, 0.2) is 42.5 Å². The van der Waals surface area contributed by atoms with Crippen molar-refractivity contribution in [1.82, 2.24) is 31.2 Å². The Kier molecular flexibility index (Phi) is 10.3.